The zero-order valence-corrected chi connectivity index (χ0v) is 11.2. The van der Waals surface area contributed by atoms with Crippen LogP contribution in [0.15, 0.2) is 17.1 Å². The maximum absolute atomic E-state index is 11.9. The quantitative estimate of drug-likeness (QED) is 0.807. The number of nitrogens with one attached hydrogen (secondary N) is 1. The Kier molecular flexibility index (Phi) is 4.36. The molecule has 1 N–H and O–H groups in total. The van der Waals surface area contributed by atoms with Crippen LogP contribution in [0.4, 0.5) is 5.69 Å². The minimum absolute atomic E-state index is 0.00253. The molecule has 1 aliphatic heterocycles. The Morgan fingerprint density at radius 2 is 2.33 bits per heavy atom. The molecule has 1 aliphatic rings. The normalized spacial score (nSPS) is 15.4. The van der Waals surface area contributed by atoms with Gasteiger partial charge in [-0.05, 0) is 31.8 Å². The molecule has 2 heterocycles. The van der Waals surface area contributed by atoms with E-state index in [1.807, 2.05) is 7.05 Å². The average Bonchev–Trinajstić information content (AvgIpc) is 2.29. The maximum atomic E-state index is 11.9. The highest BCUT2D eigenvalue weighted by molar-refractivity contribution is 5.41. The largest absolute Gasteiger partial charge is 0.373 e. The Morgan fingerprint density at radius 1 is 1.56 bits per heavy atom. The molecule has 0 aliphatic carbocycles. The van der Waals surface area contributed by atoms with Crippen molar-refractivity contribution in [3.63, 3.8) is 0 Å². The summed E-state index contributed by atoms with van der Waals surface area (Å²) in [6.07, 6.45) is 3.88. The van der Waals surface area contributed by atoms with Crippen LogP contribution >= 0.6 is 0 Å². The van der Waals surface area contributed by atoms with E-state index in [0.717, 1.165) is 44.7 Å². The molecule has 18 heavy (non-hydrogen) atoms. The van der Waals surface area contributed by atoms with Crippen molar-refractivity contribution in [2.75, 3.05) is 31.6 Å². The smallest absolute Gasteiger partial charge is 0.268 e. The molecule has 1 saturated heterocycles. The van der Waals surface area contributed by atoms with E-state index in [-0.39, 0.29) is 5.56 Å². The van der Waals surface area contributed by atoms with E-state index >= 15 is 0 Å². The fourth-order valence-electron chi connectivity index (χ4n) is 2.12. The van der Waals surface area contributed by atoms with Gasteiger partial charge in [-0.25, -0.2) is 4.68 Å². The van der Waals surface area contributed by atoms with E-state index in [4.69, 9.17) is 0 Å². The molecule has 1 aromatic rings. The van der Waals surface area contributed by atoms with E-state index in [1.165, 1.54) is 0 Å². The van der Waals surface area contributed by atoms with Crippen LogP contribution in [0.2, 0.25) is 0 Å². The third-order valence-corrected chi connectivity index (χ3v) is 3.47. The summed E-state index contributed by atoms with van der Waals surface area (Å²) in [6, 6.07) is 1.68. The molecule has 0 radical (unpaired) electrons. The van der Waals surface area contributed by atoms with E-state index in [0.29, 0.717) is 5.92 Å². The van der Waals surface area contributed by atoms with Crippen LogP contribution in [0.25, 0.3) is 0 Å². The summed E-state index contributed by atoms with van der Waals surface area (Å²) >= 11 is 0. The Labute approximate surface area is 108 Å². The van der Waals surface area contributed by atoms with E-state index < -0.39 is 0 Å². The van der Waals surface area contributed by atoms with Gasteiger partial charge in [0.2, 0.25) is 0 Å². The van der Waals surface area contributed by atoms with Crippen molar-refractivity contribution in [3.05, 3.63) is 22.6 Å². The van der Waals surface area contributed by atoms with Gasteiger partial charge in [-0.3, -0.25) is 4.79 Å². The molecule has 1 aromatic heterocycles. The molecular formula is C13H22N4O. The zero-order valence-electron chi connectivity index (χ0n) is 11.2. The summed E-state index contributed by atoms with van der Waals surface area (Å²) in [5.41, 5.74) is 0.908. The van der Waals surface area contributed by atoms with Crippen molar-refractivity contribution in [1.82, 2.24) is 15.1 Å². The van der Waals surface area contributed by atoms with Crippen LogP contribution in [0, 0.1) is 5.92 Å². The molecular weight excluding hydrogens is 228 g/mol. The first-order valence-corrected chi connectivity index (χ1v) is 6.69. The monoisotopic (exact) mass is 250 g/mol. The third-order valence-electron chi connectivity index (χ3n) is 3.47. The number of anilines is 1. The molecule has 5 heteroatoms. The number of hydrogen-bond acceptors (Lipinski definition) is 4. The second-order valence-electron chi connectivity index (χ2n) is 5.01. The van der Waals surface area contributed by atoms with Gasteiger partial charge >= 0.3 is 0 Å². The standard InChI is InChI=1S/C13H22N4O/c1-3-5-16(2)12-7-13(18)17(15-10-12)6-4-11-8-14-9-11/h7,10-11,14H,3-6,8-9H2,1-2H3. The molecule has 5 nitrogen and oxygen atoms in total. The Bertz CT molecular complexity index is 439. The first-order chi connectivity index (χ1) is 8.70. The number of hydrogen-bond donors (Lipinski definition) is 1. The van der Waals surface area contributed by atoms with E-state index in [9.17, 15) is 4.79 Å². The van der Waals surface area contributed by atoms with Gasteiger partial charge in [0.25, 0.3) is 5.56 Å². The summed E-state index contributed by atoms with van der Waals surface area (Å²) in [6.45, 7) is 5.94. The van der Waals surface area contributed by atoms with Crippen molar-refractivity contribution < 1.29 is 0 Å². The van der Waals surface area contributed by atoms with Crippen LogP contribution in [0.5, 0.6) is 0 Å². The van der Waals surface area contributed by atoms with Crippen LogP contribution in [0.1, 0.15) is 19.8 Å². The lowest BCUT2D eigenvalue weighted by atomic mass is 10.00. The second-order valence-corrected chi connectivity index (χ2v) is 5.01. The van der Waals surface area contributed by atoms with Crippen molar-refractivity contribution in [1.29, 1.82) is 0 Å². The third kappa shape index (κ3) is 3.10. The van der Waals surface area contributed by atoms with Crippen LogP contribution < -0.4 is 15.8 Å². The summed E-state index contributed by atoms with van der Waals surface area (Å²) in [5, 5.41) is 7.49. The van der Waals surface area contributed by atoms with Crippen LogP contribution in [0.3, 0.4) is 0 Å². The summed E-state index contributed by atoms with van der Waals surface area (Å²) in [7, 11) is 1.99. The lowest BCUT2D eigenvalue weighted by molar-refractivity contribution is 0.304. The molecule has 0 spiro atoms. The van der Waals surface area contributed by atoms with E-state index in [1.54, 1.807) is 16.9 Å². The average molecular weight is 250 g/mol. The molecule has 0 unspecified atom stereocenters. The summed E-state index contributed by atoms with van der Waals surface area (Å²) < 4.78 is 1.57. The highest BCUT2D eigenvalue weighted by atomic mass is 16.1. The predicted octanol–water partition coefficient (Wildman–Crippen LogP) is 0.699. The van der Waals surface area contributed by atoms with E-state index in [2.05, 4.69) is 22.2 Å². The fourth-order valence-corrected chi connectivity index (χ4v) is 2.12. The van der Waals surface area contributed by atoms with Gasteiger partial charge in [0, 0.05) is 26.2 Å². The fraction of sp³-hybridized carbons (Fsp3) is 0.692. The minimum Gasteiger partial charge on any atom is -0.373 e. The molecule has 0 aromatic carbocycles. The van der Waals surface area contributed by atoms with Crippen molar-refractivity contribution in [2.24, 2.45) is 5.92 Å². The molecule has 100 valence electrons. The highest BCUT2D eigenvalue weighted by Gasteiger charge is 2.16. The minimum atomic E-state index is 0.00253. The first-order valence-electron chi connectivity index (χ1n) is 6.69. The molecule has 1 fully saturated rings. The summed E-state index contributed by atoms with van der Waals surface area (Å²) in [5.74, 6) is 0.709. The van der Waals surface area contributed by atoms with Gasteiger partial charge in [-0.15, -0.1) is 0 Å². The Balaban J connectivity index is 1.97. The highest BCUT2D eigenvalue weighted by Crippen LogP contribution is 2.10. The van der Waals surface area contributed by atoms with Gasteiger partial charge in [0.15, 0.2) is 0 Å². The summed E-state index contributed by atoms with van der Waals surface area (Å²) in [4.78, 5) is 14.0. The topological polar surface area (TPSA) is 50.2 Å². The number of rotatable bonds is 6. The molecule has 0 bridgehead atoms. The van der Waals surface area contributed by atoms with Gasteiger partial charge in [-0.2, -0.15) is 5.10 Å². The molecule has 0 amide bonds. The maximum Gasteiger partial charge on any atom is 0.268 e. The van der Waals surface area contributed by atoms with Crippen molar-refractivity contribution >= 4 is 5.69 Å². The van der Waals surface area contributed by atoms with Gasteiger partial charge in [-0.1, -0.05) is 6.92 Å². The SMILES string of the molecule is CCCN(C)c1cnn(CCC2CNC2)c(=O)c1. The first kappa shape index (κ1) is 13.1. The Morgan fingerprint density at radius 3 is 2.89 bits per heavy atom. The Hall–Kier alpha value is -1.36. The van der Waals surface area contributed by atoms with Gasteiger partial charge in [0.05, 0.1) is 11.9 Å². The van der Waals surface area contributed by atoms with Crippen LogP contribution in [-0.4, -0.2) is 36.5 Å². The van der Waals surface area contributed by atoms with Crippen LogP contribution in [-0.2, 0) is 6.54 Å². The van der Waals surface area contributed by atoms with Gasteiger partial charge in [0.1, 0.15) is 0 Å². The molecule has 0 atom stereocenters. The second kappa shape index (κ2) is 6.00. The lowest BCUT2D eigenvalue weighted by Crippen LogP contribution is -2.42. The molecule has 2 rings (SSSR count). The lowest BCUT2D eigenvalue weighted by Gasteiger charge is -2.26. The molecule has 0 saturated carbocycles. The number of nitrogens with zero attached hydrogens (tertiary/aromatic N) is 3. The number of aromatic nitrogens is 2. The number of aryl methyl sites for hydroxylation is 1. The predicted molar refractivity (Wildman–Crippen MR) is 73.0 cm³/mol. The van der Waals surface area contributed by atoms with Crippen molar-refractivity contribution in [3.8, 4) is 0 Å². The van der Waals surface area contributed by atoms with Gasteiger partial charge < -0.3 is 10.2 Å². The van der Waals surface area contributed by atoms with Crippen molar-refractivity contribution in [2.45, 2.75) is 26.3 Å². The zero-order chi connectivity index (χ0) is 13.0.